The van der Waals surface area contributed by atoms with Crippen molar-refractivity contribution in [3.8, 4) is 0 Å². The van der Waals surface area contributed by atoms with Crippen molar-refractivity contribution < 1.29 is 14.4 Å². The summed E-state index contributed by atoms with van der Waals surface area (Å²) in [6.45, 7) is 7.96. The summed E-state index contributed by atoms with van der Waals surface area (Å²) in [5, 5.41) is 5.83. The fourth-order valence-corrected chi connectivity index (χ4v) is 1.79. The van der Waals surface area contributed by atoms with Crippen molar-refractivity contribution in [3.63, 3.8) is 0 Å². The topological polar surface area (TPSA) is 75.3 Å². The molecule has 0 spiro atoms. The largest absolute Gasteiger partial charge is 0.382 e. The minimum absolute atomic E-state index is 0.0174. The zero-order chi connectivity index (χ0) is 16.1. The van der Waals surface area contributed by atoms with Crippen LogP contribution in [0.2, 0.25) is 0 Å². The van der Waals surface area contributed by atoms with Crippen LogP contribution >= 0.6 is 0 Å². The van der Waals surface area contributed by atoms with Gasteiger partial charge in [-0.15, -0.1) is 0 Å². The normalized spacial score (nSPS) is 10.0. The molecule has 0 saturated heterocycles. The van der Waals surface area contributed by atoms with Gasteiger partial charge in [0.05, 0.1) is 6.54 Å². The van der Waals surface area contributed by atoms with Gasteiger partial charge in [0.1, 0.15) is 11.6 Å². The van der Waals surface area contributed by atoms with Gasteiger partial charge < -0.3 is 15.4 Å². The molecular formula is C16H28N2O3. The number of carbonyl (C=O) groups excluding carboxylic acids is 3. The molecule has 0 fully saturated rings. The Bertz CT molecular complexity index is 365. The van der Waals surface area contributed by atoms with Gasteiger partial charge in [0.2, 0.25) is 5.91 Å². The number of Topliss-reactive ketones (excluding diaryl/α,β-unsaturated/α-hetero) is 2. The van der Waals surface area contributed by atoms with Crippen LogP contribution in [0.15, 0.2) is 12.3 Å². The summed E-state index contributed by atoms with van der Waals surface area (Å²) in [5.41, 5.74) is 0.887. The van der Waals surface area contributed by atoms with Gasteiger partial charge in [-0.2, -0.15) is 0 Å². The summed E-state index contributed by atoms with van der Waals surface area (Å²) in [6, 6.07) is 0. The standard InChI is InChI=1S/C16H28N2O3/c1-13(18-12-15(3)20)8-5-4-6-11-17-16(21)10-7-9-14(2)19/h18H,1,4-12H2,2-3H3,(H,17,21). The molecule has 0 bridgehead atoms. The molecule has 0 aromatic carbocycles. The van der Waals surface area contributed by atoms with Gasteiger partial charge in [0, 0.05) is 25.1 Å². The van der Waals surface area contributed by atoms with Crippen molar-refractivity contribution in [1.82, 2.24) is 10.6 Å². The first-order chi connectivity index (χ1) is 9.91. The molecule has 0 aromatic heterocycles. The average molecular weight is 296 g/mol. The molecule has 0 heterocycles. The van der Waals surface area contributed by atoms with E-state index in [-0.39, 0.29) is 17.5 Å². The Balaban J connectivity index is 3.39. The highest BCUT2D eigenvalue weighted by Gasteiger charge is 2.02. The van der Waals surface area contributed by atoms with E-state index in [1.54, 1.807) is 6.92 Å². The molecule has 0 aromatic rings. The molecule has 1 amide bonds. The van der Waals surface area contributed by atoms with Crippen LogP contribution in [0.5, 0.6) is 0 Å². The fourth-order valence-electron chi connectivity index (χ4n) is 1.79. The Morgan fingerprint density at radius 2 is 1.52 bits per heavy atom. The number of nitrogens with one attached hydrogen (secondary N) is 2. The first-order valence-corrected chi connectivity index (χ1v) is 7.59. The molecule has 0 unspecified atom stereocenters. The second-order valence-corrected chi connectivity index (χ2v) is 5.38. The number of hydrogen-bond acceptors (Lipinski definition) is 4. The van der Waals surface area contributed by atoms with Gasteiger partial charge in [-0.1, -0.05) is 13.0 Å². The first-order valence-electron chi connectivity index (χ1n) is 7.59. The van der Waals surface area contributed by atoms with Crippen molar-refractivity contribution in [1.29, 1.82) is 0 Å². The Morgan fingerprint density at radius 3 is 2.14 bits per heavy atom. The minimum atomic E-state index is 0.0174. The molecule has 21 heavy (non-hydrogen) atoms. The number of unbranched alkanes of at least 4 members (excludes halogenated alkanes) is 2. The van der Waals surface area contributed by atoms with E-state index in [4.69, 9.17) is 0 Å². The van der Waals surface area contributed by atoms with Gasteiger partial charge >= 0.3 is 0 Å². The van der Waals surface area contributed by atoms with Gasteiger partial charge in [-0.25, -0.2) is 0 Å². The van der Waals surface area contributed by atoms with Crippen LogP contribution in [0.4, 0.5) is 0 Å². The molecule has 5 heteroatoms. The highest BCUT2D eigenvalue weighted by Crippen LogP contribution is 2.04. The molecular weight excluding hydrogens is 268 g/mol. The number of ketones is 2. The predicted octanol–water partition coefficient (Wildman–Crippen LogP) is 2.11. The quantitative estimate of drug-likeness (QED) is 0.510. The van der Waals surface area contributed by atoms with Crippen molar-refractivity contribution in [3.05, 3.63) is 12.3 Å². The summed E-state index contributed by atoms with van der Waals surface area (Å²) in [4.78, 5) is 32.9. The highest BCUT2D eigenvalue weighted by atomic mass is 16.1. The number of carbonyl (C=O) groups is 3. The van der Waals surface area contributed by atoms with Crippen LogP contribution in [-0.4, -0.2) is 30.6 Å². The summed E-state index contributed by atoms with van der Waals surface area (Å²) in [5.74, 6) is 0.244. The highest BCUT2D eigenvalue weighted by molar-refractivity contribution is 5.78. The van der Waals surface area contributed by atoms with Crippen molar-refractivity contribution in [2.75, 3.05) is 13.1 Å². The second kappa shape index (κ2) is 12.1. The fraction of sp³-hybridized carbons (Fsp3) is 0.688. The van der Waals surface area contributed by atoms with Gasteiger partial charge in [-0.05, 0) is 39.5 Å². The number of allylic oxidation sites excluding steroid dienone is 1. The molecule has 120 valence electrons. The second-order valence-electron chi connectivity index (χ2n) is 5.38. The molecule has 0 atom stereocenters. The first kappa shape index (κ1) is 19.4. The summed E-state index contributed by atoms with van der Waals surface area (Å²) in [7, 11) is 0. The SMILES string of the molecule is C=C(CCCCCNC(=O)CCCC(C)=O)NCC(C)=O. The lowest BCUT2D eigenvalue weighted by molar-refractivity contribution is -0.121. The summed E-state index contributed by atoms with van der Waals surface area (Å²) < 4.78 is 0. The van der Waals surface area contributed by atoms with Crippen LogP contribution in [0, 0.1) is 0 Å². The van der Waals surface area contributed by atoms with Gasteiger partial charge in [-0.3, -0.25) is 9.59 Å². The minimum Gasteiger partial charge on any atom is -0.382 e. The van der Waals surface area contributed by atoms with Crippen LogP contribution in [0.25, 0.3) is 0 Å². The zero-order valence-electron chi connectivity index (χ0n) is 13.3. The van der Waals surface area contributed by atoms with E-state index in [0.29, 0.717) is 32.4 Å². The molecule has 0 rings (SSSR count). The van der Waals surface area contributed by atoms with Crippen molar-refractivity contribution in [2.45, 2.75) is 58.8 Å². The predicted molar refractivity (Wildman–Crippen MR) is 83.8 cm³/mol. The zero-order valence-corrected chi connectivity index (χ0v) is 13.3. The molecule has 5 nitrogen and oxygen atoms in total. The molecule has 0 aliphatic heterocycles. The third-order valence-electron chi connectivity index (χ3n) is 3.00. The Hall–Kier alpha value is -1.65. The molecule has 0 aliphatic rings. The Kier molecular flexibility index (Phi) is 11.2. The smallest absolute Gasteiger partial charge is 0.220 e. The van der Waals surface area contributed by atoms with E-state index in [2.05, 4.69) is 17.2 Å². The van der Waals surface area contributed by atoms with Crippen LogP contribution in [0.1, 0.15) is 58.8 Å². The summed E-state index contributed by atoms with van der Waals surface area (Å²) in [6.07, 6.45) is 5.30. The lowest BCUT2D eigenvalue weighted by Crippen LogP contribution is -2.24. The van der Waals surface area contributed by atoms with E-state index in [1.165, 1.54) is 6.92 Å². The van der Waals surface area contributed by atoms with E-state index in [9.17, 15) is 14.4 Å². The van der Waals surface area contributed by atoms with Crippen LogP contribution in [-0.2, 0) is 14.4 Å². The lowest BCUT2D eigenvalue weighted by Gasteiger charge is -2.08. The number of hydrogen-bond donors (Lipinski definition) is 2. The van der Waals surface area contributed by atoms with E-state index < -0.39 is 0 Å². The number of rotatable bonds is 13. The third-order valence-corrected chi connectivity index (χ3v) is 3.00. The monoisotopic (exact) mass is 296 g/mol. The lowest BCUT2D eigenvalue weighted by atomic mass is 10.1. The molecule has 0 aliphatic carbocycles. The average Bonchev–Trinajstić information content (AvgIpc) is 2.39. The maximum atomic E-state index is 11.4. The maximum absolute atomic E-state index is 11.4. The van der Waals surface area contributed by atoms with E-state index in [1.807, 2.05) is 0 Å². The molecule has 2 N–H and O–H groups in total. The van der Waals surface area contributed by atoms with E-state index in [0.717, 1.165) is 31.4 Å². The van der Waals surface area contributed by atoms with Gasteiger partial charge in [0.25, 0.3) is 0 Å². The van der Waals surface area contributed by atoms with Crippen LogP contribution < -0.4 is 10.6 Å². The Morgan fingerprint density at radius 1 is 0.810 bits per heavy atom. The maximum Gasteiger partial charge on any atom is 0.220 e. The van der Waals surface area contributed by atoms with Crippen molar-refractivity contribution in [2.24, 2.45) is 0 Å². The van der Waals surface area contributed by atoms with Gasteiger partial charge in [0.15, 0.2) is 0 Å². The van der Waals surface area contributed by atoms with E-state index >= 15 is 0 Å². The summed E-state index contributed by atoms with van der Waals surface area (Å²) >= 11 is 0. The Labute approximate surface area is 127 Å². The third kappa shape index (κ3) is 14.6. The van der Waals surface area contributed by atoms with Crippen molar-refractivity contribution >= 4 is 17.5 Å². The number of amides is 1. The van der Waals surface area contributed by atoms with Crippen LogP contribution in [0.3, 0.4) is 0 Å². The molecule has 0 saturated carbocycles. The molecule has 0 radical (unpaired) electrons.